The number of halogens is 2. The molecule has 0 aromatic heterocycles. The summed E-state index contributed by atoms with van der Waals surface area (Å²) >= 11 is 6.15. The number of likely N-dealkylation sites (tertiary alicyclic amines) is 1. The van der Waals surface area contributed by atoms with E-state index in [-0.39, 0.29) is 24.2 Å². The van der Waals surface area contributed by atoms with Crippen molar-refractivity contribution in [3.63, 3.8) is 0 Å². The number of carbonyl (C=O) groups excluding carboxylic acids is 2. The summed E-state index contributed by atoms with van der Waals surface area (Å²) in [6.07, 6.45) is 2.39. The first-order chi connectivity index (χ1) is 18.9. The van der Waals surface area contributed by atoms with Crippen molar-refractivity contribution in [2.45, 2.75) is 32.2 Å². The predicted molar refractivity (Wildman–Crippen MR) is 147 cm³/mol. The maximum atomic E-state index is 13.9. The van der Waals surface area contributed by atoms with E-state index in [1.165, 1.54) is 23.3 Å². The van der Waals surface area contributed by atoms with E-state index < -0.39 is 11.2 Å². The van der Waals surface area contributed by atoms with Crippen LogP contribution >= 0.6 is 11.6 Å². The van der Waals surface area contributed by atoms with E-state index in [1.807, 2.05) is 29.2 Å². The molecule has 39 heavy (non-hydrogen) atoms. The van der Waals surface area contributed by atoms with E-state index in [0.29, 0.717) is 62.8 Å². The van der Waals surface area contributed by atoms with Crippen molar-refractivity contribution in [1.82, 2.24) is 9.80 Å². The SMILES string of the molecule is O=C(COc1ccccc1F)N1CCC(COc2cccc(Cl)c2)(CC(=O)N2CCc3ccccc3C2)CC1. The van der Waals surface area contributed by atoms with Crippen LogP contribution in [0.5, 0.6) is 11.5 Å². The summed E-state index contributed by atoms with van der Waals surface area (Å²) < 4.78 is 25.5. The fraction of sp³-hybridized carbons (Fsp3) is 0.355. The lowest BCUT2D eigenvalue weighted by Gasteiger charge is -2.42. The molecule has 2 aliphatic rings. The summed E-state index contributed by atoms with van der Waals surface area (Å²) in [6, 6.07) is 21.5. The quantitative estimate of drug-likeness (QED) is 0.370. The average Bonchev–Trinajstić information content (AvgIpc) is 2.96. The molecule has 5 rings (SSSR count). The minimum Gasteiger partial charge on any atom is -0.493 e. The molecule has 0 aliphatic carbocycles. The normalized spacial score (nSPS) is 16.4. The van der Waals surface area contributed by atoms with E-state index in [4.69, 9.17) is 21.1 Å². The Labute approximate surface area is 233 Å². The molecule has 0 spiro atoms. The molecule has 0 radical (unpaired) electrons. The van der Waals surface area contributed by atoms with Crippen molar-refractivity contribution >= 4 is 23.4 Å². The van der Waals surface area contributed by atoms with Gasteiger partial charge in [-0.25, -0.2) is 4.39 Å². The molecule has 8 heteroatoms. The molecule has 3 aromatic rings. The van der Waals surface area contributed by atoms with Gasteiger partial charge in [0.15, 0.2) is 18.2 Å². The second-order valence-corrected chi connectivity index (χ2v) is 10.8. The Morgan fingerprint density at radius 1 is 0.846 bits per heavy atom. The predicted octanol–water partition coefficient (Wildman–Crippen LogP) is 5.52. The van der Waals surface area contributed by atoms with Crippen LogP contribution in [0.15, 0.2) is 72.8 Å². The van der Waals surface area contributed by atoms with Gasteiger partial charge in [0.25, 0.3) is 5.91 Å². The Bertz CT molecular complexity index is 1330. The number of ether oxygens (including phenoxy) is 2. The highest BCUT2D eigenvalue weighted by Crippen LogP contribution is 2.37. The van der Waals surface area contributed by atoms with E-state index in [2.05, 4.69) is 12.1 Å². The summed E-state index contributed by atoms with van der Waals surface area (Å²) in [7, 11) is 0. The molecule has 2 amide bonds. The Balaban J connectivity index is 1.24. The first-order valence-electron chi connectivity index (χ1n) is 13.3. The summed E-state index contributed by atoms with van der Waals surface area (Å²) in [6.45, 7) is 2.34. The van der Waals surface area contributed by atoms with Crippen molar-refractivity contribution in [2.75, 3.05) is 32.8 Å². The third-order valence-corrected chi connectivity index (χ3v) is 7.95. The first-order valence-corrected chi connectivity index (χ1v) is 13.7. The molecule has 0 unspecified atom stereocenters. The Morgan fingerprint density at radius 2 is 1.59 bits per heavy atom. The van der Waals surface area contributed by atoms with E-state index in [1.54, 1.807) is 29.2 Å². The van der Waals surface area contributed by atoms with Crippen LogP contribution in [0, 0.1) is 11.2 Å². The van der Waals surface area contributed by atoms with Crippen LogP contribution < -0.4 is 9.47 Å². The Kier molecular flexibility index (Phi) is 8.36. The van der Waals surface area contributed by atoms with Gasteiger partial charge in [-0.1, -0.05) is 54.1 Å². The molecule has 3 aromatic carbocycles. The van der Waals surface area contributed by atoms with Crippen LogP contribution in [0.25, 0.3) is 0 Å². The number of piperidine rings is 1. The van der Waals surface area contributed by atoms with Gasteiger partial charge in [-0.3, -0.25) is 9.59 Å². The number of para-hydroxylation sites is 1. The number of carbonyl (C=O) groups is 2. The summed E-state index contributed by atoms with van der Waals surface area (Å²) in [5.74, 6) is 0.0993. The van der Waals surface area contributed by atoms with E-state index in [0.717, 1.165) is 6.42 Å². The fourth-order valence-corrected chi connectivity index (χ4v) is 5.51. The van der Waals surface area contributed by atoms with Crippen molar-refractivity contribution in [1.29, 1.82) is 0 Å². The average molecular weight is 551 g/mol. The molecule has 0 N–H and O–H groups in total. The smallest absolute Gasteiger partial charge is 0.260 e. The Morgan fingerprint density at radius 3 is 2.36 bits per heavy atom. The van der Waals surface area contributed by atoms with Crippen LogP contribution in [-0.4, -0.2) is 54.5 Å². The lowest BCUT2D eigenvalue weighted by atomic mass is 9.75. The standard InChI is InChI=1S/C31H32ClFN2O4/c32-25-8-5-9-26(18-25)39-22-31(19-29(36)35-15-12-23-6-1-2-7-24(23)20-35)13-16-34(17-14-31)30(37)21-38-28-11-4-3-10-27(28)33/h1-11,18H,12-17,19-22H2. The van der Waals surface area contributed by atoms with Crippen molar-refractivity contribution in [3.05, 3.63) is 94.8 Å². The fourth-order valence-electron chi connectivity index (χ4n) is 5.33. The van der Waals surface area contributed by atoms with Crippen molar-refractivity contribution < 1.29 is 23.5 Å². The van der Waals surface area contributed by atoms with Gasteiger partial charge in [0.05, 0.1) is 6.61 Å². The molecule has 1 fully saturated rings. The first kappa shape index (κ1) is 27.0. The van der Waals surface area contributed by atoms with Crippen LogP contribution in [0.3, 0.4) is 0 Å². The third kappa shape index (κ3) is 6.71. The van der Waals surface area contributed by atoms with Gasteiger partial charge < -0.3 is 19.3 Å². The maximum absolute atomic E-state index is 13.9. The highest BCUT2D eigenvalue weighted by atomic mass is 35.5. The van der Waals surface area contributed by atoms with Crippen LogP contribution in [0.4, 0.5) is 4.39 Å². The maximum Gasteiger partial charge on any atom is 0.260 e. The third-order valence-electron chi connectivity index (χ3n) is 7.72. The second kappa shape index (κ2) is 12.1. The monoisotopic (exact) mass is 550 g/mol. The summed E-state index contributed by atoms with van der Waals surface area (Å²) in [5.41, 5.74) is 2.06. The second-order valence-electron chi connectivity index (χ2n) is 10.4. The number of hydrogen-bond acceptors (Lipinski definition) is 4. The van der Waals surface area contributed by atoms with Crippen molar-refractivity contribution in [2.24, 2.45) is 5.41 Å². The minimum atomic E-state index is -0.500. The molecule has 0 bridgehead atoms. The molecule has 6 nitrogen and oxygen atoms in total. The molecule has 0 atom stereocenters. The molecular formula is C31H32ClFN2O4. The van der Waals surface area contributed by atoms with Gasteiger partial charge in [0.1, 0.15) is 5.75 Å². The molecule has 2 aliphatic heterocycles. The number of nitrogens with zero attached hydrogens (tertiary/aromatic N) is 2. The van der Waals surface area contributed by atoms with Crippen LogP contribution in [0.2, 0.25) is 5.02 Å². The molecule has 204 valence electrons. The zero-order chi connectivity index (χ0) is 27.2. The van der Waals surface area contributed by atoms with E-state index in [9.17, 15) is 14.0 Å². The lowest BCUT2D eigenvalue weighted by molar-refractivity contribution is -0.139. The number of fused-ring (bicyclic) bond motifs is 1. The van der Waals surface area contributed by atoms with Crippen LogP contribution in [0.1, 0.15) is 30.4 Å². The topological polar surface area (TPSA) is 59.1 Å². The summed E-state index contributed by atoms with van der Waals surface area (Å²) in [4.78, 5) is 30.1. The molecule has 2 heterocycles. The molecule has 0 saturated carbocycles. The number of hydrogen-bond donors (Lipinski definition) is 0. The van der Waals surface area contributed by atoms with Gasteiger partial charge >= 0.3 is 0 Å². The van der Waals surface area contributed by atoms with Gasteiger partial charge in [0, 0.05) is 43.0 Å². The highest BCUT2D eigenvalue weighted by molar-refractivity contribution is 6.30. The largest absolute Gasteiger partial charge is 0.493 e. The van der Waals surface area contributed by atoms with Gasteiger partial charge in [0.2, 0.25) is 5.91 Å². The molecular weight excluding hydrogens is 519 g/mol. The summed E-state index contributed by atoms with van der Waals surface area (Å²) in [5, 5.41) is 0.583. The van der Waals surface area contributed by atoms with Gasteiger partial charge in [-0.2, -0.15) is 0 Å². The minimum absolute atomic E-state index is 0.0563. The lowest BCUT2D eigenvalue weighted by Crippen LogP contribution is -2.49. The Hall–Kier alpha value is -3.58. The van der Waals surface area contributed by atoms with Gasteiger partial charge in [-0.05, 0) is 60.7 Å². The molecule has 1 saturated heterocycles. The van der Waals surface area contributed by atoms with Crippen LogP contribution in [-0.2, 0) is 22.6 Å². The van der Waals surface area contributed by atoms with Crippen molar-refractivity contribution in [3.8, 4) is 11.5 Å². The van der Waals surface area contributed by atoms with Gasteiger partial charge in [-0.15, -0.1) is 0 Å². The zero-order valence-electron chi connectivity index (χ0n) is 21.8. The van der Waals surface area contributed by atoms with E-state index >= 15 is 0 Å². The number of benzene rings is 3. The number of rotatable bonds is 8. The number of amides is 2. The zero-order valence-corrected chi connectivity index (χ0v) is 22.5. The highest BCUT2D eigenvalue weighted by Gasteiger charge is 2.40.